The normalized spacial score (nSPS) is 12.2. The molecule has 0 fully saturated rings. The average molecular weight is 571 g/mol. The number of anilines is 1. The third kappa shape index (κ3) is 6.21. The number of aromatic carboxylic acids is 1. The van der Waals surface area contributed by atoms with Crippen LogP contribution in [0.2, 0.25) is 0 Å². The number of carbonyl (C=O) groups excluding carboxylic acids is 1. The molecule has 40 heavy (non-hydrogen) atoms. The Morgan fingerprint density at radius 2 is 1.95 bits per heavy atom. The molecule has 0 saturated carbocycles. The fourth-order valence-corrected chi connectivity index (χ4v) is 4.82. The molecule has 2 aromatic carbocycles. The minimum Gasteiger partial charge on any atom is -0.476 e. The number of aromatic nitrogens is 2. The van der Waals surface area contributed by atoms with Crippen LogP contribution in [0.25, 0.3) is 5.69 Å². The van der Waals surface area contributed by atoms with Gasteiger partial charge in [-0.15, -0.1) is 0 Å². The van der Waals surface area contributed by atoms with E-state index >= 15 is 0 Å². The van der Waals surface area contributed by atoms with Gasteiger partial charge >= 0.3 is 5.97 Å². The Morgan fingerprint density at radius 1 is 1.18 bits per heavy atom. The number of nitrogens with zero attached hydrogens (tertiary/aromatic N) is 2. The lowest BCUT2D eigenvalue weighted by Crippen LogP contribution is -2.24. The molecule has 13 heteroatoms. The van der Waals surface area contributed by atoms with Crippen LogP contribution in [0.1, 0.15) is 42.1 Å². The second-order valence-corrected chi connectivity index (χ2v) is 10.7. The summed E-state index contributed by atoms with van der Waals surface area (Å²) in [6, 6.07) is 12.5. The summed E-state index contributed by atoms with van der Waals surface area (Å²) >= 11 is 0. The van der Waals surface area contributed by atoms with Crippen molar-refractivity contribution in [3.05, 3.63) is 83.7 Å². The van der Waals surface area contributed by atoms with Crippen molar-refractivity contribution in [2.24, 2.45) is 5.92 Å². The van der Waals surface area contributed by atoms with Gasteiger partial charge in [0.05, 0.1) is 18.5 Å². The van der Waals surface area contributed by atoms with Gasteiger partial charge in [-0.1, -0.05) is 19.9 Å². The fourth-order valence-electron chi connectivity index (χ4n) is 3.68. The van der Waals surface area contributed by atoms with Crippen molar-refractivity contribution in [2.75, 3.05) is 5.32 Å². The largest absolute Gasteiger partial charge is 0.476 e. The van der Waals surface area contributed by atoms with E-state index in [1.165, 1.54) is 49.6 Å². The number of furan rings is 1. The summed E-state index contributed by atoms with van der Waals surface area (Å²) in [5.41, 5.74) is 0.0795. The van der Waals surface area contributed by atoms with Crippen LogP contribution in [0.5, 0.6) is 11.6 Å². The van der Waals surface area contributed by atoms with Gasteiger partial charge in [0.2, 0.25) is 21.8 Å². The van der Waals surface area contributed by atoms with Gasteiger partial charge in [0, 0.05) is 17.2 Å². The molecule has 1 amide bonds. The summed E-state index contributed by atoms with van der Waals surface area (Å²) in [7, 11) is -4.27. The van der Waals surface area contributed by atoms with Crippen LogP contribution in [0.3, 0.4) is 0 Å². The highest BCUT2D eigenvalue weighted by Gasteiger charge is 2.27. The summed E-state index contributed by atoms with van der Waals surface area (Å²) in [5, 5.41) is 16.4. The minimum atomic E-state index is -4.27. The summed E-state index contributed by atoms with van der Waals surface area (Å²) in [6.45, 7) is 4.87. The van der Waals surface area contributed by atoms with Gasteiger partial charge in [0.25, 0.3) is 0 Å². The molecule has 1 atom stereocenters. The molecule has 11 nitrogen and oxygen atoms in total. The summed E-state index contributed by atoms with van der Waals surface area (Å²) in [4.78, 5) is 24.0. The molecule has 3 N–H and O–H groups in total. The first kappa shape index (κ1) is 28.5. The molecule has 210 valence electrons. The minimum absolute atomic E-state index is 0.0813. The Morgan fingerprint density at radius 3 is 2.60 bits per heavy atom. The Balaban J connectivity index is 1.80. The van der Waals surface area contributed by atoms with Crippen molar-refractivity contribution in [3.8, 4) is 17.3 Å². The van der Waals surface area contributed by atoms with Gasteiger partial charge in [0.15, 0.2) is 5.69 Å². The maximum absolute atomic E-state index is 14.0. The van der Waals surface area contributed by atoms with E-state index < -0.39 is 21.8 Å². The number of benzene rings is 2. The van der Waals surface area contributed by atoms with Crippen LogP contribution in [0.15, 0.2) is 70.2 Å². The van der Waals surface area contributed by atoms with Crippen molar-refractivity contribution in [3.63, 3.8) is 0 Å². The lowest BCUT2D eigenvalue weighted by atomic mass is 10.1. The number of carboxylic acids is 1. The van der Waals surface area contributed by atoms with Gasteiger partial charge < -0.3 is 19.6 Å². The molecule has 2 aromatic heterocycles. The number of carboxylic acid groups (broad SMARTS) is 1. The molecule has 0 radical (unpaired) electrons. The maximum Gasteiger partial charge on any atom is 0.356 e. The van der Waals surface area contributed by atoms with Crippen LogP contribution >= 0.6 is 0 Å². The van der Waals surface area contributed by atoms with Crippen LogP contribution in [-0.2, 0) is 21.4 Å². The third-order valence-electron chi connectivity index (χ3n) is 6.11. The van der Waals surface area contributed by atoms with Gasteiger partial charge in [-0.2, -0.15) is 9.78 Å². The van der Waals surface area contributed by atoms with E-state index in [1.807, 2.05) is 6.92 Å². The molecule has 2 heterocycles. The highest BCUT2D eigenvalue weighted by Crippen LogP contribution is 2.35. The number of halogens is 1. The van der Waals surface area contributed by atoms with Crippen molar-refractivity contribution < 1.29 is 36.7 Å². The van der Waals surface area contributed by atoms with Crippen molar-refractivity contribution in [1.29, 1.82) is 0 Å². The van der Waals surface area contributed by atoms with Gasteiger partial charge in [-0.05, 0) is 61.9 Å². The zero-order valence-corrected chi connectivity index (χ0v) is 22.7. The number of ether oxygens (including phenoxy) is 1. The molecule has 0 aliphatic heterocycles. The molecular formula is C27H27FN4O7S. The highest BCUT2D eigenvalue weighted by atomic mass is 32.2. The third-order valence-corrected chi connectivity index (χ3v) is 7.53. The van der Waals surface area contributed by atoms with E-state index in [4.69, 9.17) is 9.15 Å². The fraction of sp³-hybridized carbons (Fsp3) is 0.222. The van der Waals surface area contributed by atoms with Crippen LogP contribution in [0.4, 0.5) is 10.1 Å². The molecule has 4 aromatic rings. The predicted molar refractivity (Wildman–Crippen MR) is 143 cm³/mol. The maximum atomic E-state index is 14.0. The van der Waals surface area contributed by atoms with E-state index in [0.29, 0.717) is 12.2 Å². The number of hydrogen-bond acceptors (Lipinski definition) is 7. The highest BCUT2D eigenvalue weighted by molar-refractivity contribution is 7.89. The lowest BCUT2D eigenvalue weighted by molar-refractivity contribution is -0.119. The molecular weight excluding hydrogens is 543 g/mol. The van der Waals surface area contributed by atoms with Crippen molar-refractivity contribution in [1.82, 2.24) is 14.5 Å². The molecule has 0 unspecified atom stereocenters. The van der Waals surface area contributed by atoms with E-state index in [1.54, 1.807) is 19.1 Å². The molecule has 0 aliphatic carbocycles. The van der Waals surface area contributed by atoms with E-state index in [2.05, 4.69) is 15.1 Å². The van der Waals surface area contributed by atoms with E-state index in [-0.39, 0.29) is 57.5 Å². The Labute approximate surface area is 229 Å². The molecule has 0 bridgehead atoms. The van der Waals surface area contributed by atoms with E-state index in [9.17, 15) is 27.5 Å². The smallest absolute Gasteiger partial charge is 0.356 e. The second kappa shape index (κ2) is 11.7. The molecule has 4 rings (SSSR count). The Bertz CT molecular complexity index is 1650. The topological polar surface area (TPSA) is 153 Å². The number of amides is 1. The quantitative estimate of drug-likeness (QED) is 0.231. The standard InChI is InChI=1S/C27H27FN4O7S/c1-4-16(2)25(33)30-19-10-11-22(23(14-19)40(36,37)29-15-21-9-6-12-38-21)39-26-17(3)24(27(34)35)31-32(26)20-8-5-7-18(28)13-20/h5-14,16,29H,4,15H2,1-3H3,(H,30,33)(H,34,35)/t16-/m1/s1. The second-order valence-electron chi connectivity index (χ2n) is 8.94. The number of nitrogens with one attached hydrogen (secondary N) is 2. The number of sulfonamides is 1. The van der Waals surface area contributed by atoms with Crippen molar-refractivity contribution >= 4 is 27.6 Å². The monoisotopic (exact) mass is 570 g/mol. The van der Waals surface area contributed by atoms with Crippen LogP contribution in [0, 0.1) is 18.7 Å². The zero-order valence-electron chi connectivity index (χ0n) is 21.8. The summed E-state index contributed by atoms with van der Waals surface area (Å²) < 4.78 is 55.6. The molecule has 0 aliphatic rings. The van der Waals surface area contributed by atoms with E-state index in [0.717, 1.165) is 10.7 Å². The predicted octanol–water partition coefficient (Wildman–Crippen LogP) is 4.87. The molecule has 0 spiro atoms. The van der Waals surface area contributed by atoms with Crippen LogP contribution in [-0.4, -0.2) is 35.2 Å². The zero-order chi connectivity index (χ0) is 29.0. The Kier molecular flexibility index (Phi) is 8.35. The van der Waals surface area contributed by atoms with Gasteiger partial charge in [0.1, 0.15) is 22.2 Å². The number of rotatable bonds is 11. The SMILES string of the molecule is CC[C@@H](C)C(=O)Nc1ccc(Oc2c(C)c(C(=O)O)nn2-c2cccc(F)c2)c(S(=O)(=O)NCc2ccco2)c1. The number of hydrogen-bond donors (Lipinski definition) is 3. The summed E-state index contributed by atoms with van der Waals surface area (Å²) in [6.07, 6.45) is 1.98. The average Bonchev–Trinajstić information content (AvgIpc) is 3.56. The van der Waals surface area contributed by atoms with Crippen LogP contribution < -0.4 is 14.8 Å². The lowest BCUT2D eigenvalue weighted by Gasteiger charge is -2.16. The first-order valence-corrected chi connectivity index (χ1v) is 13.7. The van der Waals surface area contributed by atoms with Gasteiger partial charge in [-0.25, -0.2) is 22.3 Å². The van der Waals surface area contributed by atoms with Gasteiger partial charge in [-0.3, -0.25) is 4.79 Å². The Hall–Kier alpha value is -4.49. The first-order valence-electron chi connectivity index (χ1n) is 12.2. The molecule has 0 saturated heterocycles. The summed E-state index contributed by atoms with van der Waals surface area (Å²) in [5.74, 6) is -2.53. The first-order chi connectivity index (χ1) is 19.0. The van der Waals surface area contributed by atoms with Crippen molar-refractivity contribution in [2.45, 2.75) is 38.6 Å². The number of carbonyl (C=O) groups is 2.